The Bertz CT molecular complexity index is 1090. The number of amides is 2. The van der Waals surface area contributed by atoms with Crippen LogP contribution in [0.15, 0.2) is 54.6 Å². The summed E-state index contributed by atoms with van der Waals surface area (Å²) in [4.78, 5) is 28.0. The third-order valence-electron chi connectivity index (χ3n) is 6.00. The molecule has 2 aromatic rings. The number of hydrogen-bond acceptors (Lipinski definition) is 4. The van der Waals surface area contributed by atoms with Gasteiger partial charge in [-0.1, -0.05) is 63.2 Å². The Morgan fingerprint density at radius 2 is 1.69 bits per heavy atom. The third kappa shape index (κ3) is 9.30. The minimum absolute atomic E-state index is 0.143. The van der Waals surface area contributed by atoms with Crippen LogP contribution >= 0.6 is 0 Å². The molecule has 1 atom stereocenters. The van der Waals surface area contributed by atoms with Crippen LogP contribution in [0.2, 0.25) is 0 Å². The molecule has 7 nitrogen and oxygen atoms in total. The maximum Gasteiger partial charge on any atom is 0.242 e. The second kappa shape index (κ2) is 14.0. The van der Waals surface area contributed by atoms with Gasteiger partial charge in [0.25, 0.3) is 0 Å². The van der Waals surface area contributed by atoms with Gasteiger partial charge in [0.2, 0.25) is 21.8 Å². The molecule has 0 bridgehead atoms. The van der Waals surface area contributed by atoms with E-state index in [1.165, 1.54) is 10.6 Å². The molecule has 0 radical (unpaired) electrons. The van der Waals surface area contributed by atoms with Crippen molar-refractivity contribution in [3.05, 3.63) is 65.7 Å². The normalized spacial score (nSPS) is 12.3. The first kappa shape index (κ1) is 29.4. The summed E-state index contributed by atoms with van der Waals surface area (Å²) in [7, 11) is -3.50. The largest absolute Gasteiger partial charge is 0.354 e. The van der Waals surface area contributed by atoms with Crippen LogP contribution in [0.25, 0.3) is 0 Å². The minimum atomic E-state index is -3.50. The third-order valence-corrected chi connectivity index (χ3v) is 7.19. The van der Waals surface area contributed by atoms with E-state index >= 15 is 0 Å². The molecular formula is C28H41N3O4S. The van der Waals surface area contributed by atoms with Crippen molar-refractivity contribution in [3.8, 4) is 0 Å². The molecule has 0 heterocycles. The summed E-state index contributed by atoms with van der Waals surface area (Å²) >= 11 is 0. The van der Waals surface area contributed by atoms with Crippen molar-refractivity contribution in [2.75, 3.05) is 30.2 Å². The van der Waals surface area contributed by atoms with Gasteiger partial charge >= 0.3 is 0 Å². The average molecular weight is 516 g/mol. The van der Waals surface area contributed by atoms with E-state index in [-0.39, 0.29) is 24.8 Å². The molecule has 2 rings (SSSR count). The standard InChI is InChI=1S/C28H41N3O4S/c1-6-26(28(33)29-21-22(2)3)30(19-17-24-13-8-7-9-14-24)27(32)16-11-18-31(36(5,34)35)25-15-10-12-23(4)20-25/h7-10,12-15,20,22,26H,6,11,16-19,21H2,1-5H3,(H,29,33)/t26-/m1/s1. The molecule has 0 aliphatic rings. The Hall–Kier alpha value is -2.87. The van der Waals surface area contributed by atoms with Crippen LogP contribution in [-0.2, 0) is 26.0 Å². The minimum Gasteiger partial charge on any atom is -0.354 e. The van der Waals surface area contributed by atoms with E-state index in [4.69, 9.17) is 0 Å². The van der Waals surface area contributed by atoms with Gasteiger partial charge in [-0.05, 0) is 55.4 Å². The van der Waals surface area contributed by atoms with Crippen molar-refractivity contribution in [2.24, 2.45) is 5.92 Å². The van der Waals surface area contributed by atoms with E-state index in [9.17, 15) is 18.0 Å². The van der Waals surface area contributed by atoms with Gasteiger partial charge in [-0.15, -0.1) is 0 Å². The number of anilines is 1. The summed E-state index contributed by atoms with van der Waals surface area (Å²) in [5, 5.41) is 2.97. The summed E-state index contributed by atoms with van der Waals surface area (Å²) < 4.78 is 26.3. The Labute approximate surface area is 216 Å². The lowest BCUT2D eigenvalue weighted by Crippen LogP contribution is -2.50. The number of hydrogen-bond donors (Lipinski definition) is 1. The van der Waals surface area contributed by atoms with E-state index in [1.807, 2.05) is 76.2 Å². The monoisotopic (exact) mass is 515 g/mol. The number of carbonyl (C=O) groups excluding carboxylic acids is 2. The van der Waals surface area contributed by atoms with Crippen LogP contribution in [0.1, 0.15) is 51.2 Å². The van der Waals surface area contributed by atoms with Gasteiger partial charge in [-0.25, -0.2) is 8.42 Å². The highest BCUT2D eigenvalue weighted by molar-refractivity contribution is 7.92. The van der Waals surface area contributed by atoms with E-state index in [0.29, 0.717) is 44.0 Å². The average Bonchev–Trinajstić information content (AvgIpc) is 2.82. The maximum absolute atomic E-state index is 13.4. The van der Waals surface area contributed by atoms with E-state index in [1.54, 1.807) is 11.0 Å². The van der Waals surface area contributed by atoms with E-state index in [2.05, 4.69) is 5.32 Å². The number of nitrogens with one attached hydrogen (secondary N) is 1. The Morgan fingerprint density at radius 3 is 2.28 bits per heavy atom. The molecule has 1 N–H and O–H groups in total. The molecule has 198 valence electrons. The predicted octanol–water partition coefficient (Wildman–Crippen LogP) is 4.16. The number of benzene rings is 2. The zero-order chi connectivity index (χ0) is 26.7. The number of nitrogens with zero attached hydrogens (tertiary/aromatic N) is 2. The van der Waals surface area contributed by atoms with Crippen molar-refractivity contribution in [2.45, 2.75) is 59.4 Å². The summed E-state index contributed by atoms with van der Waals surface area (Å²) in [6.45, 7) is 9.04. The van der Waals surface area contributed by atoms with Gasteiger partial charge in [-0.3, -0.25) is 13.9 Å². The lowest BCUT2D eigenvalue weighted by atomic mass is 10.1. The molecule has 0 aliphatic carbocycles. The number of sulfonamides is 1. The molecule has 0 saturated carbocycles. The first-order valence-corrected chi connectivity index (χ1v) is 14.5. The zero-order valence-corrected chi connectivity index (χ0v) is 23.1. The fourth-order valence-electron chi connectivity index (χ4n) is 4.11. The topological polar surface area (TPSA) is 86.8 Å². The number of aryl methyl sites for hydroxylation is 1. The van der Waals surface area contributed by atoms with Gasteiger partial charge in [0.1, 0.15) is 6.04 Å². The van der Waals surface area contributed by atoms with Crippen LogP contribution in [-0.4, -0.2) is 57.1 Å². The van der Waals surface area contributed by atoms with Gasteiger partial charge in [0.05, 0.1) is 11.9 Å². The van der Waals surface area contributed by atoms with Crippen molar-refractivity contribution < 1.29 is 18.0 Å². The van der Waals surface area contributed by atoms with Crippen LogP contribution < -0.4 is 9.62 Å². The highest BCUT2D eigenvalue weighted by atomic mass is 32.2. The summed E-state index contributed by atoms with van der Waals surface area (Å²) in [6.07, 6.45) is 2.82. The van der Waals surface area contributed by atoms with Crippen LogP contribution in [0.5, 0.6) is 0 Å². The summed E-state index contributed by atoms with van der Waals surface area (Å²) in [5.41, 5.74) is 2.64. The lowest BCUT2D eigenvalue weighted by Gasteiger charge is -2.31. The summed E-state index contributed by atoms with van der Waals surface area (Å²) in [6, 6.07) is 16.6. The second-order valence-electron chi connectivity index (χ2n) is 9.66. The maximum atomic E-state index is 13.4. The van der Waals surface area contributed by atoms with Crippen LogP contribution in [0, 0.1) is 12.8 Å². The van der Waals surface area contributed by atoms with Crippen molar-refractivity contribution in [3.63, 3.8) is 0 Å². The van der Waals surface area contributed by atoms with Crippen LogP contribution in [0.4, 0.5) is 5.69 Å². The van der Waals surface area contributed by atoms with E-state index < -0.39 is 16.1 Å². The molecule has 0 aliphatic heterocycles. The summed E-state index contributed by atoms with van der Waals surface area (Å²) in [5.74, 6) is 0.0174. The zero-order valence-electron chi connectivity index (χ0n) is 22.2. The molecular weight excluding hydrogens is 474 g/mol. The first-order valence-electron chi connectivity index (χ1n) is 12.7. The highest BCUT2D eigenvalue weighted by Gasteiger charge is 2.28. The lowest BCUT2D eigenvalue weighted by molar-refractivity contribution is -0.140. The van der Waals surface area contributed by atoms with Crippen molar-refractivity contribution in [1.82, 2.24) is 10.2 Å². The van der Waals surface area contributed by atoms with Crippen molar-refractivity contribution >= 4 is 27.5 Å². The van der Waals surface area contributed by atoms with Gasteiger partial charge < -0.3 is 10.2 Å². The smallest absolute Gasteiger partial charge is 0.242 e. The second-order valence-corrected chi connectivity index (χ2v) is 11.6. The Balaban J connectivity index is 2.15. The van der Waals surface area contributed by atoms with Crippen molar-refractivity contribution in [1.29, 1.82) is 0 Å². The van der Waals surface area contributed by atoms with Gasteiger partial charge in [-0.2, -0.15) is 0 Å². The quantitative estimate of drug-likeness (QED) is 0.409. The highest BCUT2D eigenvalue weighted by Crippen LogP contribution is 2.20. The Kier molecular flexibility index (Phi) is 11.4. The molecule has 2 aromatic carbocycles. The van der Waals surface area contributed by atoms with E-state index in [0.717, 1.165) is 11.1 Å². The molecule has 36 heavy (non-hydrogen) atoms. The molecule has 8 heteroatoms. The van der Waals surface area contributed by atoms with Gasteiger partial charge in [0.15, 0.2) is 0 Å². The molecule has 2 amide bonds. The number of rotatable bonds is 14. The molecule has 0 spiro atoms. The van der Waals surface area contributed by atoms with Gasteiger partial charge in [0, 0.05) is 26.1 Å². The molecule has 0 fully saturated rings. The molecule has 0 aromatic heterocycles. The number of carbonyl (C=O) groups is 2. The fourth-order valence-corrected chi connectivity index (χ4v) is 5.06. The SMILES string of the molecule is CC[C@H](C(=O)NCC(C)C)N(CCc1ccccc1)C(=O)CCCN(c1cccc(C)c1)S(C)(=O)=O. The Morgan fingerprint density at radius 1 is 1.00 bits per heavy atom. The van der Waals surface area contributed by atoms with Crippen LogP contribution in [0.3, 0.4) is 0 Å². The molecule has 0 saturated heterocycles. The predicted molar refractivity (Wildman–Crippen MR) is 146 cm³/mol. The molecule has 0 unspecified atom stereocenters. The fraction of sp³-hybridized carbons (Fsp3) is 0.500. The first-order chi connectivity index (χ1) is 17.0.